The van der Waals surface area contributed by atoms with Crippen LogP contribution in [0.15, 0.2) is 47.6 Å². The van der Waals surface area contributed by atoms with Gasteiger partial charge in [0.2, 0.25) is 6.79 Å². The maximum absolute atomic E-state index is 12.0. The van der Waals surface area contributed by atoms with E-state index in [1.54, 1.807) is 0 Å². The topological polar surface area (TPSA) is 69.2 Å². The second-order valence-corrected chi connectivity index (χ2v) is 7.36. The highest BCUT2D eigenvalue weighted by Gasteiger charge is 2.15. The number of carbonyl (C=O) groups is 1. The average Bonchev–Trinajstić information content (AvgIpc) is 3.11. The maximum Gasteiger partial charge on any atom is 0.277 e. The lowest BCUT2D eigenvalue weighted by molar-refractivity contribution is -0.123. The van der Waals surface area contributed by atoms with E-state index in [1.807, 2.05) is 49.4 Å². The summed E-state index contributed by atoms with van der Waals surface area (Å²) in [6, 6.07) is 13.3. The molecule has 1 amide bonds. The molecule has 1 heterocycles. The Morgan fingerprint density at radius 3 is 2.52 bits per heavy atom. The summed E-state index contributed by atoms with van der Waals surface area (Å²) in [4.78, 5) is 12.0. The van der Waals surface area contributed by atoms with E-state index in [1.165, 1.54) is 5.56 Å². The predicted molar refractivity (Wildman–Crippen MR) is 104 cm³/mol. The summed E-state index contributed by atoms with van der Waals surface area (Å²) in [6.45, 7) is 8.38. The molecule has 1 aliphatic heterocycles. The van der Waals surface area contributed by atoms with Gasteiger partial charge in [-0.15, -0.1) is 0 Å². The zero-order valence-electron chi connectivity index (χ0n) is 16.0. The number of hydrazone groups is 1. The molecule has 0 aliphatic carbocycles. The van der Waals surface area contributed by atoms with Gasteiger partial charge in [0.1, 0.15) is 5.75 Å². The van der Waals surface area contributed by atoms with Crippen LogP contribution in [0.4, 0.5) is 0 Å². The predicted octanol–water partition coefficient (Wildman–Crippen LogP) is 3.63. The quantitative estimate of drug-likeness (QED) is 0.646. The zero-order valence-corrected chi connectivity index (χ0v) is 16.0. The van der Waals surface area contributed by atoms with E-state index < -0.39 is 0 Å². The molecule has 3 rings (SSSR count). The van der Waals surface area contributed by atoms with Gasteiger partial charge in [-0.3, -0.25) is 4.79 Å². The smallest absolute Gasteiger partial charge is 0.277 e. The molecule has 0 saturated carbocycles. The van der Waals surface area contributed by atoms with Gasteiger partial charge < -0.3 is 14.2 Å². The molecule has 0 radical (unpaired) electrons. The molecule has 0 unspecified atom stereocenters. The standard InChI is InChI=1S/C21H24N2O4/c1-14(15-5-10-18-19(11-15)27-13-26-18)22-23-20(24)12-25-17-8-6-16(7-9-17)21(2,3)4/h5-11H,12-13H2,1-4H3,(H,23,24)/b22-14+. The highest BCUT2D eigenvalue weighted by molar-refractivity contribution is 5.99. The number of benzene rings is 2. The fraction of sp³-hybridized carbons (Fsp3) is 0.333. The maximum atomic E-state index is 12.0. The SMILES string of the molecule is C/C(=N\NC(=O)COc1ccc(C(C)(C)C)cc1)c1ccc2c(c1)OCO2. The van der Waals surface area contributed by atoms with Crippen LogP contribution in [-0.2, 0) is 10.2 Å². The van der Waals surface area contributed by atoms with Gasteiger partial charge in [-0.05, 0) is 48.2 Å². The van der Waals surface area contributed by atoms with Crippen molar-refractivity contribution in [3.05, 3.63) is 53.6 Å². The zero-order chi connectivity index (χ0) is 19.4. The van der Waals surface area contributed by atoms with Gasteiger partial charge >= 0.3 is 0 Å². The van der Waals surface area contributed by atoms with E-state index in [0.29, 0.717) is 23.0 Å². The Balaban J connectivity index is 1.52. The van der Waals surface area contributed by atoms with Crippen molar-refractivity contribution in [1.82, 2.24) is 5.43 Å². The summed E-state index contributed by atoms with van der Waals surface area (Å²) >= 11 is 0. The summed E-state index contributed by atoms with van der Waals surface area (Å²) in [6.07, 6.45) is 0. The third kappa shape index (κ3) is 4.78. The number of nitrogens with zero attached hydrogens (tertiary/aromatic N) is 1. The molecule has 142 valence electrons. The molecule has 6 nitrogen and oxygen atoms in total. The van der Waals surface area contributed by atoms with Crippen molar-refractivity contribution >= 4 is 11.6 Å². The lowest BCUT2D eigenvalue weighted by Gasteiger charge is -2.19. The molecular weight excluding hydrogens is 344 g/mol. The molecule has 27 heavy (non-hydrogen) atoms. The number of carbonyl (C=O) groups excluding carboxylic acids is 1. The first-order valence-electron chi connectivity index (χ1n) is 8.79. The van der Waals surface area contributed by atoms with Crippen LogP contribution < -0.4 is 19.6 Å². The molecule has 0 saturated heterocycles. The van der Waals surface area contributed by atoms with Gasteiger partial charge in [0.15, 0.2) is 18.1 Å². The lowest BCUT2D eigenvalue weighted by atomic mass is 9.87. The molecule has 2 aromatic carbocycles. The summed E-state index contributed by atoms with van der Waals surface area (Å²) in [5, 5.41) is 4.12. The Morgan fingerprint density at radius 1 is 1.11 bits per heavy atom. The largest absolute Gasteiger partial charge is 0.484 e. The van der Waals surface area contributed by atoms with Crippen LogP contribution in [-0.4, -0.2) is 25.0 Å². The second kappa shape index (κ2) is 7.70. The molecule has 0 bridgehead atoms. The first-order chi connectivity index (χ1) is 12.8. The van der Waals surface area contributed by atoms with E-state index >= 15 is 0 Å². The van der Waals surface area contributed by atoms with Crippen molar-refractivity contribution in [2.75, 3.05) is 13.4 Å². The van der Waals surface area contributed by atoms with Crippen molar-refractivity contribution in [2.24, 2.45) is 5.10 Å². The van der Waals surface area contributed by atoms with Crippen LogP contribution in [0.25, 0.3) is 0 Å². The Hall–Kier alpha value is -3.02. The monoisotopic (exact) mass is 368 g/mol. The molecule has 0 atom stereocenters. The van der Waals surface area contributed by atoms with E-state index in [4.69, 9.17) is 14.2 Å². The number of amides is 1. The van der Waals surface area contributed by atoms with Gasteiger partial charge in [-0.2, -0.15) is 5.10 Å². The summed E-state index contributed by atoms with van der Waals surface area (Å²) < 4.78 is 16.1. The van der Waals surface area contributed by atoms with Gasteiger partial charge in [-0.25, -0.2) is 5.43 Å². The van der Waals surface area contributed by atoms with Crippen LogP contribution in [0, 0.1) is 0 Å². The summed E-state index contributed by atoms with van der Waals surface area (Å²) in [5.41, 5.74) is 5.31. The van der Waals surface area contributed by atoms with Crippen molar-refractivity contribution in [3.63, 3.8) is 0 Å². The van der Waals surface area contributed by atoms with Crippen LogP contribution in [0.2, 0.25) is 0 Å². The third-order valence-electron chi connectivity index (χ3n) is 4.23. The van der Waals surface area contributed by atoms with Crippen molar-refractivity contribution in [1.29, 1.82) is 0 Å². The molecular formula is C21H24N2O4. The van der Waals surface area contributed by atoms with Gasteiger partial charge in [0, 0.05) is 5.56 Å². The Bertz CT molecular complexity index is 851. The minimum absolute atomic E-state index is 0.0802. The Kier molecular flexibility index (Phi) is 5.35. The van der Waals surface area contributed by atoms with Gasteiger partial charge in [0.05, 0.1) is 5.71 Å². The summed E-state index contributed by atoms with van der Waals surface area (Å²) in [7, 11) is 0. The first kappa shape index (κ1) is 18.8. The number of hydrogen-bond acceptors (Lipinski definition) is 5. The number of rotatable bonds is 5. The summed E-state index contributed by atoms with van der Waals surface area (Å²) in [5.74, 6) is 1.71. The number of hydrogen-bond donors (Lipinski definition) is 1. The number of fused-ring (bicyclic) bond motifs is 1. The molecule has 0 spiro atoms. The minimum Gasteiger partial charge on any atom is -0.484 e. The minimum atomic E-state index is -0.324. The number of ether oxygens (including phenoxy) is 3. The van der Waals surface area contributed by atoms with E-state index in [9.17, 15) is 4.79 Å². The molecule has 1 aliphatic rings. The molecule has 1 N–H and O–H groups in total. The van der Waals surface area contributed by atoms with Crippen molar-refractivity contribution < 1.29 is 19.0 Å². The normalized spacial score (nSPS) is 13.4. The van der Waals surface area contributed by atoms with Crippen LogP contribution in [0.3, 0.4) is 0 Å². The first-order valence-corrected chi connectivity index (χ1v) is 8.79. The lowest BCUT2D eigenvalue weighted by Crippen LogP contribution is -2.25. The molecule has 6 heteroatoms. The van der Waals surface area contributed by atoms with E-state index in [0.717, 1.165) is 5.56 Å². The fourth-order valence-electron chi connectivity index (χ4n) is 2.56. The van der Waals surface area contributed by atoms with E-state index in [2.05, 4.69) is 31.3 Å². The van der Waals surface area contributed by atoms with Crippen LogP contribution in [0.1, 0.15) is 38.8 Å². The van der Waals surface area contributed by atoms with Crippen LogP contribution >= 0.6 is 0 Å². The Labute approximate surface area is 159 Å². The van der Waals surface area contributed by atoms with Crippen molar-refractivity contribution in [2.45, 2.75) is 33.1 Å². The van der Waals surface area contributed by atoms with Gasteiger partial charge in [-0.1, -0.05) is 32.9 Å². The average molecular weight is 368 g/mol. The highest BCUT2D eigenvalue weighted by atomic mass is 16.7. The third-order valence-corrected chi connectivity index (χ3v) is 4.23. The molecule has 0 fully saturated rings. The molecule has 2 aromatic rings. The molecule has 0 aromatic heterocycles. The van der Waals surface area contributed by atoms with Gasteiger partial charge in [0.25, 0.3) is 5.91 Å². The second-order valence-electron chi connectivity index (χ2n) is 7.36. The van der Waals surface area contributed by atoms with E-state index in [-0.39, 0.29) is 24.7 Å². The fourth-order valence-corrected chi connectivity index (χ4v) is 2.56. The number of nitrogens with one attached hydrogen (secondary N) is 1. The van der Waals surface area contributed by atoms with Crippen molar-refractivity contribution in [3.8, 4) is 17.2 Å². The Morgan fingerprint density at radius 2 is 1.81 bits per heavy atom. The van der Waals surface area contributed by atoms with Crippen LogP contribution in [0.5, 0.6) is 17.2 Å². The highest BCUT2D eigenvalue weighted by Crippen LogP contribution is 2.32.